The van der Waals surface area contributed by atoms with Crippen LogP contribution in [0.15, 0.2) is 0 Å². The van der Waals surface area contributed by atoms with Gasteiger partial charge < -0.3 is 5.32 Å². The van der Waals surface area contributed by atoms with Gasteiger partial charge in [0.25, 0.3) is 0 Å². The van der Waals surface area contributed by atoms with Crippen LogP contribution in [0.25, 0.3) is 0 Å². The van der Waals surface area contributed by atoms with Gasteiger partial charge in [-0.25, -0.2) is 21.1 Å². The Kier molecular flexibility index (Phi) is 4.54. The second-order valence-corrected chi connectivity index (χ2v) is 9.99. The van der Waals surface area contributed by atoms with E-state index in [-0.39, 0.29) is 30.4 Å². The summed E-state index contributed by atoms with van der Waals surface area (Å²) in [6, 6.07) is -0.00252. The number of nitrogens with zero attached hydrogens (tertiary/aromatic N) is 1. The van der Waals surface area contributed by atoms with Crippen LogP contribution in [0.2, 0.25) is 0 Å². The van der Waals surface area contributed by atoms with E-state index in [4.69, 9.17) is 0 Å². The van der Waals surface area contributed by atoms with Crippen molar-refractivity contribution >= 4 is 19.9 Å². The lowest BCUT2D eigenvalue weighted by Gasteiger charge is -2.34. The fourth-order valence-electron chi connectivity index (χ4n) is 2.75. The fraction of sp³-hybridized carbons (Fsp3) is 1.00. The first-order chi connectivity index (χ1) is 8.83. The molecule has 8 heteroatoms. The summed E-state index contributed by atoms with van der Waals surface area (Å²) in [5.74, 6) is -0.0126. The minimum absolute atomic E-state index is 0.00252. The molecule has 0 amide bonds. The highest BCUT2D eigenvalue weighted by atomic mass is 32.2. The van der Waals surface area contributed by atoms with Crippen molar-refractivity contribution in [2.24, 2.45) is 0 Å². The van der Waals surface area contributed by atoms with Crippen LogP contribution >= 0.6 is 0 Å². The normalized spacial score (nSPS) is 29.5. The second kappa shape index (κ2) is 5.67. The van der Waals surface area contributed by atoms with Gasteiger partial charge in [-0.05, 0) is 32.2 Å². The average Bonchev–Trinajstić information content (AvgIpc) is 2.38. The first-order valence-electron chi connectivity index (χ1n) is 6.71. The third-order valence-electron chi connectivity index (χ3n) is 4.11. The molecule has 2 fully saturated rings. The van der Waals surface area contributed by atoms with Gasteiger partial charge >= 0.3 is 0 Å². The highest BCUT2D eigenvalue weighted by Gasteiger charge is 2.37. The van der Waals surface area contributed by atoms with Crippen molar-refractivity contribution in [1.29, 1.82) is 0 Å². The molecule has 1 N–H and O–H groups in total. The molecule has 0 aromatic carbocycles. The Morgan fingerprint density at radius 1 is 1.16 bits per heavy atom. The van der Waals surface area contributed by atoms with Crippen molar-refractivity contribution in [3.05, 3.63) is 0 Å². The smallest absolute Gasteiger partial charge is 0.217 e. The highest BCUT2D eigenvalue weighted by molar-refractivity contribution is 7.92. The van der Waals surface area contributed by atoms with Crippen LogP contribution in [-0.2, 0) is 19.9 Å². The molecule has 2 rings (SSSR count). The van der Waals surface area contributed by atoms with E-state index in [9.17, 15) is 16.8 Å². The molecule has 6 nitrogen and oxygen atoms in total. The van der Waals surface area contributed by atoms with E-state index in [1.54, 1.807) is 7.05 Å². The van der Waals surface area contributed by atoms with E-state index >= 15 is 0 Å². The van der Waals surface area contributed by atoms with Crippen LogP contribution in [0.4, 0.5) is 0 Å². The summed E-state index contributed by atoms with van der Waals surface area (Å²) >= 11 is 0. The number of nitrogens with one attached hydrogen (secondary N) is 1. The topological polar surface area (TPSA) is 83.6 Å². The van der Waals surface area contributed by atoms with Gasteiger partial charge in [-0.2, -0.15) is 0 Å². The van der Waals surface area contributed by atoms with Crippen LogP contribution in [0, 0.1) is 0 Å². The Morgan fingerprint density at radius 3 is 2.32 bits per heavy atom. The molecule has 0 saturated carbocycles. The molecule has 0 aromatic heterocycles. The van der Waals surface area contributed by atoms with Crippen LogP contribution in [-0.4, -0.2) is 64.1 Å². The van der Waals surface area contributed by atoms with Gasteiger partial charge in [0.05, 0.1) is 16.8 Å². The molecule has 1 unspecified atom stereocenters. The molecule has 19 heavy (non-hydrogen) atoms. The Labute approximate surface area is 115 Å². The largest absolute Gasteiger partial charge is 0.315 e. The quantitative estimate of drug-likeness (QED) is 0.765. The first-order valence-corrected chi connectivity index (χ1v) is 10.0. The van der Waals surface area contributed by atoms with E-state index < -0.39 is 25.1 Å². The third kappa shape index (κ3) is 3.48. The van der Waals surface area contributed by atoms with Crippen molar-refractivity contribution < 1.29 is 16.8 Å². The lowest BCUT2D eigenvalue weighted by molar-refractivity contribution is 0.296. The van der Waals surface area contributed by atoms with Gasteiger partial charge in [0, 0.05) is 19.6 Å². The van der Waals surface area contributed by atoms with Crippen molar-refractivity contribution in [1.82, 2.24) is 9.62 Å². The zero-order chi connectivity index (χ0) is 14.1. The Morgan fingerprint density at radius 2 is 1.79 bits per heavy atom. The highest BCUT2D eigenvalue weighted by Crippen LogP contribution is 2.24. The van der Waals surface area contributed by atoms with E-state index in [1.807, 2.05) is 0 Å². The lowest BCUT2D eigenvalue weighted by atomic mass is 10.1. The number of hydrogen-bond acceptors (Lipinski definition) is 5. The zero-order valence-electron chi connectivity index (χ0n) is 11.2. The zero-order valence-corrected chi connectivity index (χ0v) is 12.8. The summed E-state index contributed by atoms with van der Waals surface area (Å²) in [6.45, 7) is 1.62. The average molecular weight is 310 g/mol. The summed E-state index contributed by atoms with van der Waals surface area (Å²) in [5.41, 5.74) is 0. The molecular formula is C11H22N2O4S2. The van der Waals surface area contributed by atoms with Gasteiger partial charge in [0.1, 0.15) is 9.84 Å². The third-order valence-corrected chi connectivity index (χ3v) is 8.24. The van der Waals surface area contributed by atoms with Crippen LogP contribution in [0.1, 0.15) is 25.7 Å². The van der Waals surface area contributed by atoms with E-state index in [0.29, 0.717) is 6.54 Å². The Balaban J connectivity index is 2.05. The van der Waals surface area contributed by atoms with Gasteiger partial charge in [0.15, 0.2) is 0 Å². The molecule has 2 saturated heterocycles. The first kappa shape index (κ1) is 15.2. The fourth-order valence-corrected chi connectivity index (χ4v) is 6.44. The van der Waals surface area contributed by atoms with Crippen LogP contribution in [0.3, 0.4) is 0 Å². The maximum absolute atomic E-state index is 12.5. The molecule has 2 aliphatic rings. The maximum Gasteiger partial charge on any atom is 0.217 e. The van der Waals surface area contributed by atoms with Crippen LogP contribution in [0.5, 0.6) is 0 Å². The minimum Gasteiger partial charge on any atom is -0.315 e. The van der Waals surface area contributed by atoms with Crippen molar-refractivity contribution in [3.63, 3.8) is 0 Å². The monoisotopic (exact) mass is 310 g/mol. The van der Waals surface area contributed by atoms with Crippen molar-refractivity contribution in [3.8, 4) is 0 Å². The van der Waals surface area contributed by atoms with Gasteiger partial charge in [0.2, 0.25) is 10.0 Å². The summed E-state index contributed by atoms with van der Waals surface area (Å²) in [4.78, 5) is 0. The van der Waals surface area contributed by atoms with E-state index in [0.717, 1.165) is 19.4 Å². The maximum atomic E-state index is 12.5. The summed E-state index contributed by atoms with van der Waals surface area (Å²) in [5, 5.41) is 2.66. The van der Waals surface area contributed by atoms with Gasteiger partial charge in [-0.1, -0.05) is 0 Å². The standard InChI is InChI=1S/C11H22N2O4S2/c1-13(10-3-2-6-12-9-10)19(16,17)11-4-7-18(14,15)8-5-11/h10-12H,2-9H2,1H3. The molecular weight excluding hydrogens is 288 g/mol. The predicted molar refractivity (Wildman–Crippen MR) is 74.3 cm³/mol. The Bertz CT molecular complexity index is 495. The molecule has 0 spiro atoms. The molecule has 0 bridgehead atoms. The van der Waals surface area contributed by atoms with Gasteiger partial charge in [-0.15, -0.1) is 0 Å². The summed E-state index contributed by atoms with van der Waals surface area (Å²) < 4.78 is 49.2. The number of piperidine rings is 1. The SMILES string of the molecule is CN(C1CCCNC1)S(=O)(=O)C1CCS(=O)(=O)CC1. The number of sulfone groups is 1. The summed E-state index contributed by atoms with van der Waals surface area (Å²) in [6.07, 6.45) is 2.31. The molecule has 0 aliphatic carbocycles. The molecule has 1 atom stereocenters. The number of sulfonamides is 1. The van der Waals surface area contributed by atoms with Crippen LogP contribution < -0.4 is 5.32 Å². The summed E-state index contributed by atoms with van der Waals surface area (Å²) in [7, 11) is -4.78. The Hall–Kier alpha value is -0.180. The molecule has 112 valence electrons. The molecule has 2 aliphatic heterocycles. The predicted octanol–water partition coefficient (Wildman–Crippen LogP) is -0.423. The van der Waals surface area contributed by atoms with Crippen molar-refractivity contribution in [2.45, 2.75) is 37.0 Å². The van der Waals surface area contributed by atoms with E-state index in [1.165, 1.54) is 4.31 Å². The molecule has 0 radical (unpaired) electrons. The lowest BCUT2D eigenvalue weighted by Crippen LogP contribution is -2.50. The second-order valence-electron chi connectivity index (χ2n) is 5.41. The van der Waals surface area contributed by atoms with Crippen molar-refractivity contribution in [2.75, 3.05) is 31.6 Å². The molecule has 0 aromatic rings. The van der Waals surface area contributed by atoms with E-state index in [2.05, 4.69) is 5.32 Å². The number of likely N-dealkylation sites (N-methyl/N-ethyl adjacent to an activating group) is 1. The molecule has 2 heterocycles. The van der Waals surface area contributed by atoms with Gasteiger partial charge in [-0.3, -0.25) is 0 Å². The number of hydrogen-bond donors (Lipinski definition) is 1. The number of rotatable bonds is 3. The minimum atomic E-state index is -3.38.